The molecule has 1 aliphatic heterocycles. The summed E-state index contributed by atoms with van der Waals surface area (Å²) >= 11 is 0. The first-order chi connectivity index (χ1) is 14.3. The number of hydrogen-bond donors (Lipinski definition) is 1. The van der Waals surface area contributed by atoms with E-state index >= 15 is 0 Å². The second kappa shape index (κ2) is 8.81. The van der Waals surface area contributed by atoms with Crippen LogP contribution in [0.5, 0.6) is 17.2 Å². The number of methoxy groups -OCH3 is 3. The van der Waals surface area contributed by atoms with Crippen molar-refractivity contribution in [2.75, 3.05) is 21.3 Å². The van der Waals surface area contributed by atoms with Crippen LogP contribution in [0.2, 0.25) is 0 Å². The molecule has 7 nitrogen and oxygen atoms in total. The average Bonchev–Trinajstić information content (AvgIpc) is 2.71. The molecule has 0 spiro atoms. The fourth-order valence-corrected chi connectivity index (χ4v) is 4.13. The van der Waals surface area contributed by atoms with Crippen LogP contribution >= 0.6 is 0 Å². The molecule has 2 aliphatic rings. The Morgan fingerprint density at radius 3 is 2.23 bits per heavy atom. The molecule has 0 fully saturated rings. The van der Waals surface area contributed by atoms with Crippen LogP contribution in [-0.4, -0.2) is 39.2 Å². The van der Waals surface area contributed by atoms with Gasteiger partial charge in [-0.05, 0) is 51.3 Å². The Kier molecular flexibility index (Phi) is 6.39. The first-order valence-corrected chi connectivity index (χ1v) is 10.1. The van der Waals surface area contributed by atoms with E-state index in [0.29, 0.717) is 46.1 Å². The van der Waals surface area contributed by atoms with E-state index in [9.17, 15) is 9.59 Å². The van der Waals surface area contributed by atoms with E-state index in [1.54, 1.807) is 26.0 Å². The number of ether oxygens (including phenoxy) is 4. The number of ketones is 1. The van der Waals surface area contributed by atoms with E-state index in [1.165, 1.54) is 21.3 Å². The van der Waals surface area contributed by atoms with Gasteiger partial charge in [0.15, 0.2) is 17.3 Å². The summed E-state index contributed by atoms with van der Waals surface area (Å²) < 4.78 is 22.0. The van der Waals surface area contributed by atoms with Gasteiger partial charge in [-0.15, -0.1) is 0 Å². The van der Waals surface area contributed by atoms with Gasteiger partial charge in [-0.3, -0.25) is 4.79 Å². The number of dihydropyridines is 1. The molecule has 0 saturated carbocycles. The average molecular weight is 415 g/mol. The van der Waals surface area contributed by atoms with E-state index in [1.807, 2.05) is 6.92 Å². The highest BCUT2D eigenvalue weighted by atomic mass is 16.5. The van der Waals surface area contributed by atoms with E-state index in [4.69, 9.17) is 18.9 Å². The number of esters is 1. The maximum Gasteiger partial charge on any atom is 0.337 e. The number of Topliss-reactive ketones (excluding diaryl/α,β-unsaturated/α-hetero) is 1. The van der Waals surface area contributed by atoms with Gasteiger partial charge in [-0.25, -0.2) is 4.79 Å². The van der Waals surface area contributed by atoms with Crippen molar-refractivity contribution in [1.82, 2.24) is 5.32 Å². The van der Waals surface area contributed by atoms with Crippen molar-refractivity contribution in [2.24, 2.45) is 0 Å². The van der Waals surface area contributed by atoms with Gasteiger partial charge in [0.1, 0.15) is 0 Å². The summed E-state index contributed by atoms with van der Waals surface area (Å²) in [7, 11) is 4.61. The van der Waals surface area contributed by atoms with Gasteiger partial charge in [0, 0.05) is 29.3 Å². The summed E-state index contributed by atoms with van der Waals surface area (Å²) in [6.45, 7) is 5.44. The number of carbonyl (C=O) groups excluding carboxylic acids is 2. The Labute approximate surface area is 177 Å². The fraction of sp³-hybridized carbons (Fsp3) is 0.478. The quantitative estimate of drug-likeness (QED) is 0.710. The number of rotatable bonds is 6. The standard InChI is InChI=1S/C23H29NO6/c1-12(2)30-23(26)19-13(3)24-15-8-7-9-16(25)21(15)20(19)14-10-17(27-4)22(29-6)18(11-14)28-5/h10-12,20,24H,7-9H2,1-6H3/t20-/m0/s1. The van der Waals surface area contributed by atoms with Gasteiger partial charge >= 0.3 is 5.97 Å². The minimum absolute atomic E-state index is 0.0323. The number of hydrogen-bond acceptors (Lipinski definition) is 7. The molecule has 0 unspecified atom stereocenters. The molecule has 0 amide bonds. The second-order valence-corrected chi connectivity index (χ2v) is 7.68. The first kappa shape index (κ1) is 21.7. The van der Waals surface area contributed by atoms with Crippen molar-refractivity contribution >= 4 is 11.8 Å². The predicted octanol–water partition coefficient (Wildman–Crippen LogP) is 3.63. The predicted molar refractivity (Wildman–Crippen MR) is 112 cm³/mol. The lowest BCUT2D eigenvalue weighted by Crippen LogP contribution is -2.35. The molecule has 0 aromatic heterocycles. The summed E-state index contributed by atoms with van der Waals surface area (Å²) in [6.07, 6.45) is 1.71. The van der Waals surface area contributed by atoms with E-state index in [0.717, 1.165) is 18.5 Å². The molecule has 0 saturated heterocycles. The highest BCUT2D eigenvalue weighted by Crippen LogP contribution is 2.47. The lowest BCUT2D eigenvalue weighted by molar-refractivity contribution is -0.143. The molecule has 0 bridgehead atoms. The molecule has 3 rings (SSSR count). The lowest BCUT2D eigenvalue weighted by atomic mass is 9.75. The van der Waals surface area contributed by atoms with Crippen LogP contribution in [-0.2, 0) is 14.3 Å². The van der Waals surface area contributed by atoms with Crippen molar-refractivity contribution < 1.29 is 28.5 Å². The SMILES string of the molecule is COc1cc([C@H]2C(C(=O)OC(C)C)=C(C)NC3=C2C(=O)CCC3)cc(OC)c1OC. The van der Waals surface area contributed by atoms with Crippen LogP contribution in [0, 0.1) is 0 Å². The van der Waals surface area contributed by atoms with Crippen LogP contribution in [0.15, 0.2) is 34.7 Å². The van der Waals surface area contributed by atoms with Crippen LogP contribution in [0.3, 0.4) is 0 Å². The summed E-state index contributed by atoms with van der Waals surface area (Å²) in [5, 5.41) is 3.28. The number of nitrogens with one attached hydrogen (secondary N) is 1. The van der Waals surface area contributed by atoms with Crippen molar-refractivity contribution in [3.63, 3.8) is 0 Å². The Bertz CT molecular complexity index is 903. The van der Waals surface area contributed by atoms with Crippen molar-refractivity contribution in [3.8, 4) is 17.2 Å². The molecule has 162 valence electrons. The Morgan fingerprint density at radius 2 is 1.70 bits per heavy atom. The molecule has 1 aromatic carbocycles. The summed E-state index contributed by atoms with van der Waals surface area (Å²) in [5.41, 5.74) is 3.30. The molecule has 1 atom stereocenters. The summed E-state index contributed by atoms with van der Waals surface area (Å²) in [6, 6.07) is 3.58. The maximum absolute atomic E-state index is 13.1. The van der Waals surface area contributed by atoms with E-state index in [-0.39, 0.29) is 11.9 Å². The summed E-state index contributed by atoms with van der Waals surface area (Å²) in [4.78, 5) is 26.1. The smallest absolute Gasteiger partial charge is 0.337 e. The van der Waals surface area contributed by atoms with Crippen molar-refractivity contribution in [3.05, 3.63) is 40.2 Å². The largest absolute Gasteiger partial charge is 0.493 e. The topological polar surface area (TPSA) is 83.1 Å². The number of benzene rings is 1. The zero-order chi connectivity index (χ0) is 22.0. The zero-order valence-corrected chi connectivity index (χ0v) is 18.4. The third-order valence-electron chi connectivity index (χ3n) is 5.36. The van der Waals surface area contributed by atoms with Gasteiger partial charge < -0.3 is 24.3 Å². The molecule has 30 heavy (non-hydrogen) atoms. The molecular weight excluding hydrogens is 386 g/mol. The Balaban J connectivity index is 2.24. The lowest BCUT2D eigenvalue weighted by Gasteiger charge is -2.34. The maximum atomic E-state index is 13.1. The molecular formula is C23H29NO6. The van der Waals surface area contributed by atoms with E-state index in [2.05, 4.69) is 5.32 Å². The van der Waals surface area contributed by atoms with Crippen molar-refractivity contribution in [1.29, 1.82) is 0 Å². The molecule has 1 aliphatic carbocycles. The van der Waals surface area contributed by atoms with Gasteiger partial charge in [0.05, 0.1) is 33.0 Å². The Morgan fingerprint density at radius 1 is 1.07 bits per heavy atom. The van der Waals surface area contributed by atoms with E-state index < -0.39 is 11.9 Å². The van der Waals surface area contributed by atoms with Crippen molar-refractivity contribution in [2.45, 2.75) is 52.1 Å². The Hall–Kier alpha value is -2.96. The molecule has 7 heteroatoms. The number of carbonyl (C=O) groups is 2. The zero-order valence-electron chi connectivity index (χ0n) is 18.4. The van der Waals surface area contributed by atoms with Gasteiger partial charge in [0.25, 0.3) is 0 Å². The van der Waals surface area contributed by atoms with Crippen LogP contribution in [0.4, 0.5) is 0 Å². The first-order valence-electron chi connectivity index (χ1n) is 10.1. The minimum Gasteiger partial charge on any atom is -0.493 e. The third kappa shape index (κ3) is 3.88. The molecule has 1 N–H and O–H groups in total. The minimum atomic E-state index is -0.575. The third-order valence-corrected chi connectivity index (χ3v) is 5.36. The van der Waals surface area contributed by atoms with Crippen LogP contribution in [0.25, 0.3) is 0 Å². The van der Waals surface area contributed by atoms with Gasteiger partial charge in [0.2, 0.25) is 5.75 Å². The van der Waals surface area contributed by atoms with Gasteiger partial charge in [-0.1, -0.05) is 0 Å². The molecule has 1 aromatic rings. The fourth-order valence-electron chi connectivity index (χ4n) is 4.13. The number of allylic oxidation sites excluding steroid dienone is 3. The normalized spacial score (nSPS) is 18.8. The highest BCUT2D eigenvalue weighted by Gasteiger charge is 2.40. The monoisotopic (exact) mass is 415 g/mol. The summed E-state index contributed by atoms with van der Waals surface area (Å²) in [5.74, 6) is 0.390. The van der Waals surface area contributed by atoms with Crippen LogP contribution < -0.4 is 19.5 Å². The molecule has 0 radical (unpaired) electrons. The van der Waals surface area contributed by atoms with Gasteiger partial charge in [-0.2, -0.15) is 0 Å². The molecule has 1 heterocycles. The second-order valence-electron chi connectivity index (χ2n) is 7.68. The highest BCUT2D eigenvalue weighted by molar-refractivity contribution is 6.03. The van der Waals surface area contributed by atoms with Crippen LogP contribution in [0.1, 0.15) is 51.5 Å².